The van der Waals surface area contributed by atoms with Crippen molar-refractivity contribution in [3.63, 3.8) is 0 Å². The number of halogens is 4. The van der Waals surface area contributed by atoms with E-state index in [9.17, 15) is 44.0 Å². The van der Waals surface area contributed by atoms with Gasteiger partial charge in [-0.25, -0.2) is 8.78 Å². The maximum absolute atomic E-state index is 14.7. The minimum Gasteiger partial charge on any atom is -0.458 e. The van der Waals surface area contributed by atoms with Gasteiger partial charge < -0.3 is 9.47 Å². The van der Waals surface area contributed by atoms with E-state index in [1.807, 2.05) is 48.5 Å². The Balaban J connectivity index is 1.10. The molecule has 9 rings (SSSR count). The molecular weight excluding hydrogens is 693 g/mol. The molecule has 3 aliphatic carbocycles. The number of rotatable bonds is 5. The minimum absolute atomic E-state index is 0.104. The lowest BCUT2D eigenvalue weighted by atomic mass is 9.59. The van der Waals surface area contributed by atoms with Crippen LogP contribution in [0.5, 0.6) is 5.75 Å². The fraction of sp³-hybridized carbons (Fsp3) is 0.333. The molecule has 3 heterocycles. The number of carbonyl (C=O) groups is 2. The van der Waals surface area contributed by atoms with Crippen molar-refractivity contribution in [1.82, 2.24) is 0 Å². The molecule has 246 valence electrons. The number of hydrogen-bond acceptors (Lipinski definition) is 10. The second-order valence-corrected chi connectivity index (χ2v) is 16.4. The van der Waals surface area contributed by atoms with Gasteiger partial charge in [0.1, 0.15) is 17.5 Å². The van der Waals surface area contributed by atoms with Crippen LogP contribution in [-0.2, 0) is 38.7 Å². The van der Waals surface area contributed by atoms with Gasteiger partial charge in [0, 0.05) is 11.8 Å². The third kappa shape index (κ3) is 4.29. The summed E-state index contributed by atoms with van der Waals surface area (Å²) in [5.41, 5.74) is 4.08. The lowest BCUT2D eigenvalue weighted by Gasteiger charge is -2.44. The molecule has 6 aliphatic rings. The Hall–Kier alpha value is -3.51. The summed E-state index contributed by atoms with van der Waals surface area (Å²) in [5.74, 6) is -17.2. The van der Waals surface area contributed by atoms with Crippen LogP contribution in [0.15, 0.2) is 53.4 Å². The molecule has 0 aromatic heterocycles. The lowest BCUT2D eigenvalue weighted by molar-refractivity contribution is -0.162. The van der Waals surface area contributed by atoms with Crippen LogP contribution in [-0.4, -0.2) is 61.3 Å². The van der Waals surface area contributed by atoms with Gasteiger partial charge in [0.05, 0.1) is 22.3 Å². The van der Waals surface area contributed by atoms with Crippen LogP contribution in [0.2, 0.25) is 0 Å². The van der Waals surface area contributed by atoms with Crippen molar-refractivity contribution in [2.45, 2.75) is 51.1 Å². The van der Waals surface area contributed by atoms with E-state index in [1.54, 1.807) is 0 Å². The number of ether oxygens (including phenoxy) is 2. The summed E-state index contributed by atoms with van der Waals surface area (Å²) in [6.07, 6.45) is -2.09. The number of benzene rings is 3. The third-order valence-corrected chi connectivity index (χ3v) is 14.2. The summed E-state index contributed by atoms with van der Waals surface area (Å²) < 4.78 is 132. The Kier molecular flexibility index (Phi) is 6.71. The first-order valence-electron chi connectivity index (χ1n) is 14.2. The summed E-state index contributed by atoms with van der Waals surface area (Å²) in [7, 11) is -10.3. The van der Waals surface area contributed by atoms with Crippen LogP contribution in [0.3, 0.4) is 0 Å². The molecular formula is C30H20F4O10S3. The Morgan fingerprint density at radius 2 is 1.40 bits per heavy atom. The van der Waals surface area contributed by atoms with E-state index in [2.05, 4.69) is 4.74 Å². The maximum atomic E-state index is 14.7. The highest BCUT2D eigenvalue weighted by molar-refractivity contribution is 8.03. The van der Waals surface area contributed by atoms with Gasteiger partial charge in [-0.1, -0.05) is 48.5 Å². The van der Waals surface area contributed by atoms with E-state index < -0.39 is 106 Å². The van der Waals surface area contributed by atoms with Crippen LogP contribution in [0.25, 0.3) is 0 Å². The molecule has 10 nitrogen and oxygen atoms in total. The molecule has 0 spiro atoms. The van der Waals surface area contributed by atoms with E-state index in [1.165, 1.54) is 0 Å². The third-order valence-electron chi connectivity index (χ3n) is 9.67. The van der Waals surface area contributed by atoms with Crippen molar-refractivity contribution < 1.29 is 62.2 Å². The van der Waals surface area contributed by atoms with E-state index in [4.69, 9.17) is 13.5 Å². The second-order valence-electron chi connectivity index (χ2n) is 12.0. The fourth-order valence-electron chi connectivity index (χ4n) is 7.89. The highest BCUT2D eigenvalue weighted by Gasteiger charge is 2.73. The topological polar surface area (TPSA) is 150 Å². The fourth-order valence-corrected chi connectivity index (χ4v) is 13.0. The summed E-state index contributed by atoms with van der Waals surface area (Å²) >= 11 is 0.939. The highest BCUT2D eigenvalue weighted by Crippen LogP contribution is 2.60. The van der Waals surface area contributed by atoms with Crippen molar-refractivity contribution in [1.29, 1.82) is 0 Å². The zero-order chi connectivity index (χ0) is 33.3. The summed E-state index contributed by atoms with van der Waals surface area (Å²) in [4.78, 5) is 24.9. The molecule has 0 radical (unpaired) electrons. The first-order chi connectivity index (χ1) is 22.2. The second kappa shape index (κ2) is 10.2. The molecule has 3 aromatic rings. The summed E-state index contributed by atoms with van der Waals surface area (Å²) in [6.45, 7) is 0. The number of thioether (sulfide) groups is 1. The molecule has 3 aliphatic heterocycles. The van der Waals surface area contributed by atoms with Gasteiger partial charge in [0.25, 0.3) is 10.1 Å². The highest BCUT2D eigenvalue weighted by atomic mass is 32.2. The molecule has 3 saturated heterocycles. The van der Waals surface area contributed by atoms with Gasteiger partial charge in [-0.15, -0.1) is 11.8 Å². The van der Waals surface area contributed by atoms with E-state index in [-0.39, 0.29) is 11.8 Å². The van der Waals surface area contributed by atoms with Crippen molar-refractivity contribution in [3.8, 4) is 5.75 Å². The smallest absolute Gasteiger partial charge is 0.317 e. The van der Waals surface area contributed by atoms with Gasteiger partial charge in [-0.3, -0.25) is 18.3 Å². The minimum atomic E-state index is -5.78. The Labute approximate surface area is 268 Å². The quantitative estimate of drug-likeness (QED) is 0.103. The van der Waals surface area contributed by atoms with E-state index in [0.717, 1.165) is 34.0 Å². The average molecular weight is 713 g/mol. The van der Waals surface area contributed by atoms with Gasteiger partial charge >= 0.3 is 22.1 Å². The van der Waals surface area contributed by atoms with Crippen LogP contribution in [0.1, 0.15) is 40.5 Å². The maximum Gasteiger partial charge on any atom is 0.317 e. The van der Waals surface area contributed by atoms with Crippen LogP contribution >= 0.6 is 11.8 Å². The number of carbonyl (C=O) groups excluding carboxylic acids is 2. The number of hydrogen-bond donors (Lipinski definition) is 1. The average Bonchev–Trinajstić information content (AvgIpc) is 3.64. The van der Waals surface area contributed by atoms with Crippen LogP contribution in [0, 0.1) is 35.1 Å². The molecule has 4 bridgehead atoms. The zero-order valence-corrected chi connectivity index (χ0v) is 25.8. The summed E-state index contributed by atoms with van der Waals surface area (Å²) in [5, 5.41) is -3.70. The van der Waals surface area contributed by atoms with Crippen molar-refractivity contribution in [2.24, 2.45) is 11.8 Å². The van der Waals surface area contributed by atoms with Crippen LogP contribution in [0.4, 0.5) is 17.6 Å². The molecule has 47 heavy (non-hydrogen) atoms. The Morgan fingerprint density at radius 3 is 1.96 bits per heavy atom. The van der Waals surface area contributed by atoms with Gasteiger partial charge in [-0.05, 0) is 28.7 Å². The van der Waals surface area contributed by atoms with Gasteiger partial charge in [0.15, 0.2) is 16.5 Å². The summed E-state index contributed by atoms with van der Waals surface area (Å²) in [6, 6.07) is 15.4. The molecule has 0 saturated carbocycles. The molecule has 17 heteroatoms. The molecule has 0 amide bonds. The largest absolute Gasteiger partial charge is 0.458 e. The monoisotopic (exact) mass is 712 g/mol. The normalized spacial score (nSPS) is 32.1. The molecule has 7 atom stereocenters. The first kappa shape index (κ1) is 30.8. The van der Waals surface area contributed by atoms with Gasteiger partial charge in [-0.2, -0.15) is 25.6 Å². The first-order valence-corrected chi connectivity index (χ1v) is 18.1. The van der Waals surface area contributed by atoms with Crippen molar-refractivity contribution >= 4 is 43.9 Å². The van der Waals surface area contributed by atoms with E-state index >= 15 is 0 Å². The standard InChI is InChI=1S/C30H20F4O10S3/c31-18-20(33)28(46(37,38)39)21(34)19(32)22(18)42-30(36)17-25-23(24-26(45-25)27(17)47(40,41)44-24)43-29(35)15-9-14-10-5-1-3-7-12(10)16(15)13-8-4-2-6-11(13)14/h1-8,14-17,23-27H,9H2,(H,37,38,39). The molecule has 1 N–H and O–H groups in total. The predicted molar refractivity (Wildman–Crippen MR) is 153 cm³/mol. The SMILES string of the molecule is O=C(OC1C2OS(=O)(=O)C3C2SC1C3C(=O)Oc1c(F)c(F)c(S(=O)(=O)O)c(F)c1F)C1CC2c3ccccc3C1c1ccccc12. The van der Waals surface area contributed by atoms with Gasteiger partial charge in [0.2, 0.25) is 17.4 Å². The van der Waals surface area contributed by atoms with E-state index in [0.29, 0.717) is 6.42 Å². The molecule has 7 unspecified atom stereocenters. The zero-order valence-electron chi connectivity index (χ0n) is 23.4. The molecule has 3 aromatic carbocycles. The predicted octanol–water partition coefficient (Wildman–Crippen LogP) is 3.82. The van der Waals surface area contributed by atoms with Crippen LogP contribution < -0.4 is 4.74 Å². The Bertz CT molecular complexity index is 2070. The number of esters is 2. The lowest BCUT2D eigenvalue weighted by Crippen LogP contribution is -2.51. The van der Waals surface area contributed by atoms with Crippen molar-refractivity contribution in [2.75, 3.05) is 0 Å². The molecule has 3 fully saturated rings. The van der Waals surface area contributed by atoms with Crippen molar-refractivity contribution in [3.05, 3.63) is 94.1 Å². The Morgan fingerprint density at radius 1 is 0.851 bits per heavy atom. The number of fused-ring (bicyclic) bond motifs is 2.